The van der Waals surface area contributed by atoms with Crippen molar-refractivity contribution in [1.29, 1.82) is 0 Å². The molecule has 2 N–H and O–H groups in total. The highest BCUT2D eigenvalue weighted by Crippen LogP contribution is 2.34. The maximum atomic E-state index is 15.4. The molecule has 1 aromatic heterocycles. The van der Waals surface area contributed by atoms with Crippen molar-refractivity contribution in [1.82, 2.24) is 29.4 Å². The van der Waals surface area contributed by atoms with Gasteiger partial charge in [0.15, 0.2) is 0 Å². The Balaban J connectivity index is 0.805. The summed E-state index contributed by atoms with van der Waals surface area (Å²) < 4.78 is 82.8. The van der Waals surface area contributed by atoms with E-state index < -0.39 is 57.3 Å². The lowest BCUT2D eigenvalue weighted by atomic mass is 9.95. The molecule has 314 valence electrons. The van der Waals surface area contributed by atoms with E-state index in [-0.39, 0.29) is 59.6 Å². The number of carbonyl (C=O) groups is 4. The number of hydrogen-bond acceptors (Lipinski definition) is 12. The normalized spacial score (nSPS) is 21.9. The molecule has 2 aromatic carbocycles. The molecular weight excluding hydrogens is 799 g/mol. The van der Waals surface area contributed by atoms with E-state index in [1.165, 1.54) is 10.4 Å². The molecular formula is C39H43F4N9O6S. The lowest BCUT2D eigenvalue weighted by Crippen LogP contribution is -2.54. The summed E-state index contributed by atoms with van der Waals surface area (Å²) in [7, 11) is -3.79. The average Bonchev–Trinajstić information content (AvgIpc) is 3.45. The van der Waals surface area contributed by atoms with E-state index >= 15 is 4.39 Å². The minimum Gasteiger partial charge on any atom is -0.371 e. The van der Waals surface area contributed by atoms with Gasteiger partial charge in [-0.15, -0.1) is 0 Å². The second-order valence-electron chi connectivity index (χ2n) is 15.6. The number of piperazine rings is 1. The fourth-order valence-electron chi connectivity index (χ4n) is 8.59. The van der Waals surface area contributed by atoms with E-state index in [1.807, 2.05) is 11.0 Å². The number of piperidine rings is 3. The highest BCUT2D eigenvalue weighted by atomic mass is 32.2. The van der Waals surface area contributed by atoms with Crippen LogP contribution in [-0.2, 0) is 25.8 Å². The first kappa shape index (κ1) is 40.6. The van der Waals surface area contributed by atoms with E-state index in [0.717, 1.165) is 61.5 Å². The van der Waals surface area contributed by atoms with Gasteiger partial charge < -0.3 is 15.1 Å². The summed E-state index contributed by atoms with van der Waals surface area (Å²) in [6.07, 6.45) is -0.406. The van der Waals surface area contributed by atoms with E-state index in [1.54, 1.807) is 18.2 Å². The van der Waals surface area contributed by atoms with Crippen molar-refractivity contribution in [3.63, 3.8) is 0 Å². The minimum atomic E-state index is -4.53. The summed E-state index contributed by atoms with van der Waals surface area (Å²) in [5.41, 5.74) is 0.0515. The van der Waals surface area contributed by atoms with Gasteiger partial charge in [0.1, 0.15) is 11.9 Å². The number of rotatable bonds is 9. The lowest BCUT2D eigenvalue weighted by molar-refractivity contribution is -0.138. The van der Waals surface area contributed by atoms with Crippen LogP contribution in [0.2, 0.25) is 0 Å². The molecule has 0 radical (unpaired) electrons. The van der Waals surface area contributed by atoms with E-state index in [4.69, 9.17) is 0 Å². The van der Waals surface area contributed by atoms with Crippen LogP contribution in [0.25, 0.3) is 0 Å². The molecule has 0 saturated carbocycles. The fourth-order valence-corrected chi connectivity index (χ4v) is 10.1. The largest absolute Gasteiger partial charge is 0.419 e. The zero-order valence-electron chi connectivity index (χ0n) is 32.0. The van der Waals surface area contributed by atoms with Crippen molar-refractivity contribution in [2.75, 3.05) is 74.0 Å². The molecule has 5 aliphatic heterocycles. The Morgan fingerprint density at radius 1 is 0.797 bits per heavy atom. The second kappa shape index (κ2) is 16.1. The van der Waals surface area contributed by atoms with Crippen molar-refractivity contribution in [3.05, 3.63) is 71.3 Å². The third-order valence-corrected chi connectivity index (χ3v) is 13.8. The van der Waals surface area contributed by atoms with Crippen LogP contribution in [0.15, 0.2) is 53.7 Å². The average molecular weight is 842 g/mol. The molecule has 6 heterocycles. The van der Waals surface area contributed by atoms with Crippen molar-refractivity contribution in [2.24, 2.45) is 5.92 Å². The van der Waals surface area contributed by atoms with Gasteiger partial charge in [0, 0.05) is 89.4 Å². The Hall–Kier alpha value is -5.21. The molecule has 4 saturated heterocycles. The molecule has 4 amide bonds. The molecule has 0 aliphatic carbocycles. The van der Waals surface area contributed by atoms with Crippen LogP contribution < -0.4 is 20.4 Å². The highest BCUT2D eigenvalue weighted by molar-refractivity contribution is 7.89. The summed E-state index contributed by atoms with van der Waals surface area (Å²) in [4.78, 5) is 65.4. The third kappa shape index (κ3) is 8.34. The van der Waals surface area contributed by atoms with Crippen molar-refractivity contribution in [2.45, 2.75) is 61.7 Å². The number of alkyl halides is 3. The van der Waals surface area contributed by atoms with Gasteiger partial charge >= 0.3 is 6.18 Å². The third-order valence-electron chi connectivity index (χ3n) is 11.9. The molecule has 15 nitrogen and oxygen atoms in total. The molecule has 4 fully saturated rings. The van der Waals surface area contributed by atoms with Crippen LogP contribution >= 0.6 is 0 Å². The minimum absolute atomic E-state index is 0.00552. The monoisotopic (exact) mass is 841 g/mol. The van der Waals surface area contributed by atoms with Crippen LogP contribution in [0.3, 0.4) is 0 Å². The topological polar surface area (TPSA) is 168 Å². The van der Waals surface area contributed by atoms with Crippen molar-refractivity contribution >= 4 is 51.0 Å². The Labute approximate surface area is 337 Å². The number of hydrogen-bond donors (Lipinski definition) is 2. The summed E-state index contributed by atoms with van der Waals surface area (Å²) in [5, 5.41) is 5.17. The number of aromatic nitrogens is 2. The Bertz CT molecular complexity index is 2240. The first-order chi connectivity index (χ1) is 28.2. The van der Waals surface area contributed by atoms with Crippen molar-refractivity contribution in [3.8, 4) is 0 Å². The molecule has 1 unspecified atom stereocenters. The van der Waals surface area contributed by atoms with Gasteiger partial charge in [-0.2, -0.15) is 17.5 Å². The number of imide groups is 2. The quantitative estimate of drug-likeness (QED) is 0.239. The number of fused-ring (bicyclic) bond motifs is 1. The number of nitrogens with zero attached hydrogens (tertiary/aromatic N) is 7. The maximum Gasteiger partial charge on any atom is 0.419 e. The van der Waals surface area contributed by atoms with E-state index in [9.17, 15) is 40.8 Å². The Morgan fingerprint density at radius 3 is 2.10 bits per heavy atom. The van der Waals surface area contributed by atoms with E-state index in [0.29, 0.717) is 44.9 Å². The first-order valence-electron chi connectivity index (χ1n) is 19.7. The van der Waals surface area contributed by atoms with Gasteiger partial charge in [-0.25, -0.2) is 22.8 Å². The number of amides is 4. The van der Waals surface area contributed by atoms with Crippen LogP contribution in [0.5, 0.6) is 0 Å². The van der Waals surface area contributed by atoms with E-state index in [2.05, 4.69) is 30.4 Å². The van der Waals surface area contributed by atoms with Gasteiger partial charge in [-0.05, 0) is 68.4 Å². The van der Waals surface area contributed by atoms with Crippen LogP contribution in [0.4, 0.5) is 34.9 Å². The Kier molecular flexibility index (Phi) is 11.1. The van der Waals surface area contributed by atoms with Crippen LogP contribution in [0, 0.1) is 11.7 Å². The number of benzene rings is 2. The van der Waals surface area contributed by atoms with Gasteiger partial charge in [0.2, 0.25) is 27.8 Å². The summed E-state index contributed by atoms with van der Waals surface area (Å²) in [6.45, 7) is 5.18. The van der Waals surface area contributed by atoms with Crippen LogP contribution in [-0.4, -0.2) is 127 Å². The molecule has 8 rings (SSSR count). The first-order valence-corrected chi connectivity index (χ1v) is 21.1. The number of carbonyl (C=O) groups excluding carboxylic acids is 4. The summed E-state index contributed by atoms with van der Waals surface area (Å²) in [5.74, 6) is -2.78. The van der Waals surface area contributed by atoms with Crippen molar-refractivity contribution < 1.29 is 45.2 Å². The van der Waals surface area contributed by atoms with Crippen LogP contribution in [0.1, 0.15) is 64.8 Å². The highest BCUT2D eigenvalue weighted by Gasteiger charge is 2.45. The molecule has 0 bridgehead atoms. The number of anilines is 3. The number of nitrogens with one attached hydrogen (secondary N) is 2. The summed E-state index contributed by atoms with van der Waals surface area (Å²) in [6, 6.07) is 8.10. The lowest BCUT2D eigenvalue weighted by Gasteiger charge is -2.40. The number of halogens is 4. The van der Waals surface area contributed by atoms with Gasteiger partial charge in [0.25, 0.3) is 11.8 Å². The van der Waals surface area contributed by atoms with Gasteiger partial charge in [0.05, 0.1) is 27.3 Å². The predicted octanol–water partition coefficient (Wildman–Crippen LogP) is 3.34. The van der Waals surface area contributed by atoms with Gasteiger partial charge in [-0.3, -0.25) is 34.3 Å². The molecule has 3 aromatic rings. The summed E-state index contributed by atoms with van der Waals surface area (Å²) >= 11 is 0. The molecule has 5 aliphatic rings. The Morgan fingerprint density at radius 2 is 1.46 bits per heavy atom. The second-order valence-corrected chi connectivity index (χ2v) is 17.6. The predicted molar refractivity (Wildman–Crippen MR) is 206 cm³/mol. The molecule has 0 spiro atoms. The number of sulfonamides is 1. The standard InChI is InChI=1S/C39H43F4N9O6S/c40-31-19-29-30(37(56)52(36(29)55)32-4-5-34(53)47-35(32)54)20-33(31)50-16-14-48(15-17-50)23-24-6-10-49(11-7-24)27-2-1-3-28(18-27)59(57,58)51-12-8-26(9-13-51)46-38-44-21-25(22-45-38)39(41,42)43/h1-3,18-22,24,26,32H,4-17,23H2,(H,44,45,46)(H,47,53,54). The maximum absolute atomic E-state index is 15.4. The SMILES string of the molecule is O=C1CCC(N2C(=O)c3cc(F)c(N4CCN(CC5CCN(c6cccc(S(=O)(=O)N7CCC(Nc8ncc(C(F)(F)F)cn8)CC7)c6)CC5)CC4)cc3C2=O)C(=O)N1. The molecule has 1 atom stereocenters. The zero-order valence-corrected chi connectivity index (χ0v) is 32.8. The fraction of sp³-hybridized carbons (Fsp3) is 0.487. The smallest absolute Gasteiger partial charge is 0.371 e. The molecule has 20 heteroatoms. The van der Waals surface area contributed by atoms with Gasteiger partial charge in [-0.1, -0.05) is 6.07 Å². The molecule has 59 heavy (non-hydrogen) atoms. The zero-order chi connectivity index (χ0) is 41.6.